The summed E-state index contributed by atoms with van der Waals surface area (Å²) in [5, 5.41) is 14.9. The van der Waals surface area contributed by atoms with Crippen molar-refractivity contribution in [2.24, 2.45) is 7.05 Å². The van der Waals surface area contributed by atoms with Gasteiger partial charge in [0.15, 0.2) is 0 Å². The average Bonchev–Trinajstić information content (AvgIpc) is 3.49. The zero-order valence-electron chi connectivity index (χ0n) is 18.7. The Labute approximate surface area is 188 Å². The molecule has 0 aliphatic carbocycles. The van der Waals surface area contributed by atoms with Crippen LogP contribution >= 0.6 is 0 Å². The van der Waals surface area contributed by atoms with E-state index in [-0.39, 0.29) is 11.9 Å². The molecular formula is C25H31N5O2. The maximum Gasteiger partial charge on any atom is 0.274 e. The van der Waals surface area contributed by atoms with Gasteiger partial charge in [-0.2, -0.15) is 5.10 Å². The fourth-order valence-electron chi connectivity index (χ4n) is 5.19. The first-order valence-corrected chi connectivity index (χ1v) is 11.7. The molecule has 32 heavy (non-hydrogen) atoms. The molecule has 0 bridgehead atoms. The van der Waals surface area contributed by atoms with Gasteiger partial charge in [-0.1, -0.05) is 36.8 Å². The molecule has 0 radical (unpaired) electrons. The molecule has 7 nitrogen and oxygen atoms in total. The zero-order chi connectivity index (χ0) is 22.1. The van der Waals surface area contributed by atoms with Gasteiger partial charge in [0.2, 0.25) is 0 Å². The van der Waals surface area contributed by atoms with Crippen LogP contribution in [0.2, 0.25) is 0 Å². The number of carbonyl (C=O) groups excluding carboxylic acids is 1. The fraction of sp³-hybridized carbons (Fsp3) is 0.480. The smallest absolute Gasteiger partial charge is 0.274 e. The number of likely N-dealkylation sites (tertiary alicyclic amines) is 1. The summed E-state index contributed by atoms with van der Waals surface area (Å²) in [6.45, 7) is 1.62. The van der Waals surface area contributed by atoms with Gasteiger partial charge < -0.3 is 14.6 Å². The zero-order valence-corrected chi connectivity index (χ0v) is 18.7. The molecule has 0 unspecified atom stereocenters. The Morgan fingerprint density at radius 3 is 2.78 bits per heavy atom. The number of hydrogen-bond acceptors (Lipinski definition) is 4. The molecule has 4 heterocycles. The van der Waals surface area contributed by atoms with Crippen molar-refractivity contribution in [1.29, 1.82) is 0 Å². The number of fused-ring (bicyclic) bond motifs is 1. The third-order valence-electron chi connectivity index (χ3n) is 6.85. The number of nitrogens with zero attached hydrogens (tertiary/aromatic N) is 5. The van der Waals surface area contributed by atoms with Crippen molar-refractivity contribution in [3.63, 3.8) is 0 Å². The Morgan fingerprint density at radius 1 is 1.16 bits per heavy atom. The lowest BCUT2D eigenvalue weighted by Crippen LogP contribution is -2.37. The molecule has 2 aromatic heterocycles. The van der Waals surface area contributed by atoms with Crippen LogP contribution in [0.1, 0.15) is 66.4 Å². The first-order valence-electron chi connectivity index (χ1n) is 11.7. The lowest BCUT2D eigenvalue weighted by Gasteiger charge is -2.26. The van der Waals surface area contributed by atoms with E-state index >= 15 is 0 Å². The first-order chi connectivity index (χ1) is 15.6. The van der Waals surface area contributed by atoms with E-state index in [1.807, 2.05) is 36.3 Å². The van der Waals surface area contributed by atoms with Crippen LogP contribution in [0.25, 0.3) is 11.4 Å². The molecule has 2 atom stereocenters. The number of aliphatic hydroxyl groups is 1. The molecule has 1 fully saturated rings. The molecule has 2 aliphatic rings. The number of aryl methyl sites for hydroxylation is 1. The quantitative estimate of drug-likeness (QED) is 0.665. The van der Waals surface area contributed by atoms with Gasteiger partial charge in [-0.15, -0.1) is 0 Å². The maximum absolute atomic E-state index is 13.8. The van der Waals surface area contributed by atoms with Gasteiger partial charge in [0, 0.05) is 43.5 Å². The van der Waals surface area contributed by atoms with E-state index < -0.39 is 6.10 Å². The number of imidazole rings is 1. The summed E-state index contributed by atoms with van der Waals surface area (Å²) in [6, 6.07) is 10.2. The lowest BCUT2D eigenvalue weighted by molar-refractivity contribution is 0.0660. The molecule has 5 rings (SSSR count). The van der Waals surface area contributed by atoms with Gasteiger partial charge in [-0.25, -0.2) is 4.98 Å². The third-order valence-corrected chi connectivity index (χ3v) is 6.85. The largest absolute Gasteiger partial charge is 0.388 e. The summed E-state index contributed by atoms with van der Waals surface area (Å²) in [7, 11) is 1.84. The van der Waals surface area contributed by atoms with Gasteiger partial charge in [0.25, 0.3) is 5.91 Å². The minimum absolute atomic E-state index is 0.0127. The van der Waals surface area contributed by atoms with E-state index in [0.29, 0.717) is 12.1 Å². The van der Waals surface area contributed by atoms with Crippen LogP contribution in [0.4, 0.5) is 0 Å². The minimum atomic E-state index is -0.624. The van der Waals surface area contributed by atoms with E-state index in [4.69, 9.17) is 4.98 Å². The highest BCUT2D eigenvalue weighted by Crippen LogP contribution is 2.32. The third kappa shape index (κ3) is 3.97. The Kier molecular flexibility index (Phi) is 5.83. The van der Waals surface area contributed by atoms with Gasteiger partial charge >= 0.3 is 0 Å². The van der Waals surface area contributed by atoms with Crippen molar-refractivity contribution < 1.29 is 9.90 Å². The molecule has 1 saturated heterocycles. The predicted molar refractivity (Wildman–Crippen MR) is 122 cm³/mol. The van der Waals surface area contributed by atoms with Crippen molar-refractivity contribution in [3.05, 3.63) is 59.7 Å². The van der Waals surface area contributed by atoms with Crippen molar-refractivity contribution in [1.82, 2.24) is 24.2 Å². The number of amides is 1. The van der Waals surface area contributed by atoms with Gasteiger partial charge in [-0.05, 0) is 38.5 Å². The van der Waals surface area contributed by atoms with Crippen LogP contribution in [0, 0.1) is 0 Å². The molecular weight excluding hydrogens is 402 g/mol. The molecule has 2 aliphatic heterocycles. The number of aromatic nitrogens is 4. The number of benzene rings is 1. The lowest BCUT2D eigenvalue weighted by atomic mass is 10.0. The van der Waals surface area contributed by atoms with E-state index in [9.17, 15) is 9.90 Å². The summed E-state index contributed by atoms with van der Waals surface area (Å²) in [5.74, 6) is 0.913. The summed E-state index contributed by atoms with van der Waals surface area (Å²) < 4.78 is 3.97. The first kappa shape index (κ1) is 20.9. The molecule has 168 valence electrons. The summed E-state index contributed by atoms with van der Waals surface area (Å²) >= 11 is 0. The highest BCUT2D eigenvalue weighted by atomic mass is 16.3. The van der Waals surface area contributed by atoms with Crippen LogP contribution < -0.4 is 0 Å². The van der Waals surface area contributed by atoms with Gasteiger partial charge in [-0.3, -0.25) is 9.48 Å². The molecule has 1 N–H and O–H groups in total. The van der Waals surface area contributed by atoms with Crippen molar-refractivity contribution >= 4 is 5.91 Å². The molecule has 1 aromatic carbocycles. The fourth-order valence-corrected chi connectivity index (χ4v) is 5.19. The second-order valence-corrected chi connectivity index (χ2v) is 9.05. The molecule has 0 saturated carbocycles. The van der Waals surface area contributed by atoms with E-state index in [2.05, 4.69) is 21.8 Å². The monoisotopic (exact) mass is 433 g/mol. The standard InChI is InChI=1S/C25H31N5O2/c1-28-17-19(16-26-28)22(31)15-20-11-8-14-29(20)25(32)23-21-12-6-3-7-13-30(21)24(27-23)18-9-4-2-5-10-18/h2,4-5,9-10,16-17,20,22,31H,3,6-8,11-15H2,1H3/t20-,22-/m1/s1. The average molecular weight is 434 g/mol. The Hall–Kier alpha value is -2.93. The van der Waals surface area contributed by atoms with E-state index in [0.717, 1.165) is 67.8 Å². The summed E-state index contributed by atoms with van der Waals surface area (Å²) in [5.41, 5.74) is 3.53. The minimum Gasteiger partial charge on any atom is -0.388 e. The van der Waals surface area contributed by atoms with Crippen LogP contribution in [-0.2, 0) is 20.0 Å². The SMILES string of the molecule is Cn1cc([C@H](O)C[C@H]2CCCN2C(=O)c2nc(-c3ccccc3)n3c2CCCCC3)cn1. The Morgan fingerprint density at radius 2 is 2.00 bits per heavy atom. The Bertz CT molecular complexity index is 1090. The van der Waals surface area contributed by atoms with Crippen molar-refractivity contribution in [2.45, 2.75) is 63.6 Å². The number of hydrogen-bond donors (Lipinski definition) is 1. The van der Waals surface area contributed by atoms with E-state index in [1.165, 1.54) is 6.42 Å². The number of carbonyl (C=O) groups is 1. The molecule has 1 amide bonds. The predicted octanol–water partition coefficient (Wildman–Crippen LogP) is 3.74. The van der Waals surface area contributed by atoms with Crippen LogP contribution in [0.3, 0.4) is 0 Å². The molecule has 7 heteroatoms. The van der Waals surface area contributed by atoms with Gasteiger partial charge in [0.05, 0.1) is 18.0 Å². The van der Waals surface area contributed by atoms with Gasteiger partial charge in [0.1, 0.15) is 11.5 Å². The topological polar surface area (TPSA) is 76.2 Å². The Balaban J connectivity index is 1.43. The molecule has 0 spiro atoms. The van der Waals surface area contributed by atoms with E-state index in [1.54, 1.807) is 10.9 Å². The summed E-state index contributed by atoms with van der Waals surface area (Å²) in [6.07, 6.45) is 9.57. The van der Waals surface area contributed by atoms with Crippen molar-refractivity contribution in [3.8, 4) is 11.4 Å². The second-order valence-electron chi connectivity index (χ2n) is 9.05. The van der Waals surface area contributed by atoms with Crippen LogP contribution in [-0.4, -0.2) is 47.8 Å². The molecule has 3 aromatic rings. The highest BCUT2D eigenvalue weighted by Gasteiger charge is 2.35. The normalized spacial score (nSPS) is 19.6. The second kappa shape index (κ2) is 8.90. The number of rotatable bonds is 5. The van der Waals surface area contributed by atoms with Crippen molar-refractivity contribution in [2.75, 3.05) is 6.54 Å². The summed E-state index contributed by atoms with van der Waals surface area (Å²) in [4.78, 5) is 20.6. The number of aliphatic hydroxyl groups excluding tert-OH is 1. The highest BCUT2D eigenvalue weighted by molar-refractivity contribution is 5.94. The maximum atomic E-state index is 13.8. The van der Waals surface area contributed by atoms with Crippen LogP contribution in [0.5, 0.6) is 0 Å². The van der Waals surface area contributed by atoms with Crippen LogP contribution in [0.15, 0.2) is 42.7 Å².